The van der Waals surface area contributed by atoms with Gasteiger partial charge in [0.2, 0.25) is 0 Å². The van der Waals surface area contributed by atoms with Crippen molar-refractivity contribution in [2.45, 2.75) is 32.6 Å². The van der Waals surface area contributed by atoms with Gasteiger partial charge >= 0.3 is 0 Å². The molecule has 29 heavy (non-hydrogen) atoms. The van der Waals surface area contributed by atoms with Crippen molar-refractivity contribution < 1.29 is 9.59 Å². The van der Waals surface area contributed by atoms with Gasteiger partial charge in [0.15, 0.2) is 0 Å². The second kappa shape index (κ2) is 7.00. The first-order chi connectivity index (χ1) is 14.1. The molecule has 5 rings (SSSR count). The Bertz CT molecular complexity index is 1100. The van der Waals surface area contributed by atoms with Crippen LogP contribution in [0.1, 0.15) is 58.9 Å². The molecule has 1 saturated carbocycles. The molecule has 2 amide bonds. The zero-order chi connectivity index (χ0) is 20.0. The molecule has 1 heterocycles. The molecule has 0 aromatic heterocycles. The summed E-state index contributed by atoms with van der Waals surface area (Å²) in [6.07, 6.45) is 7.56. The van der Waals surface area contributed by atoms with Gasteiger partial charge in [-0.3, -0.25) is 9.59 Å². The fraction of sp³-hybridized carbons (Fsp3) is 0.231. The molecule has 0 radical (unpaired) electrons. The summed E-state index contributed by atoms with van der Waals surface area (Å²) in [4.78, 5) is 27.6. The number of imide groups is 1. The summed E-state index contributed by atoms with van der Waals surface area (Å²) < 4.78 is 0. The number of hydrogen-bond acceptors (Lipinski definition) is 2. The van der Waals surface area contributed by atoms with Crippen LogP contribution in [0.3, 0.4) is 0 Å². The number of hydrogen-bond donors (Lipinski definition) is 0. The molecule has 0 spiro atoms. The average Bonchev–Trinajstić information content (AvgIpc) is 3.25. The van der Waals surface area contributed by atoms with Crippen LogP contribution in [0.15, 0.2) is 66.7 Å². The summed E-state index contributed by atoms with van der Waals surface area (Å²) in [5.74, 6) is 0.160. The van der Waals surface area contributed by atoms with Crippen LogP contribution in [0.4, 0.5) is 5.69 Å². The highest BCUT2D eigenvalue weighted by Crippen LogP contribution is 2.34. The quantitative estimate of drug-likeness (QED) is 0.504. The number of allylic oxidation sites excluding steroid dienone is 2. The van der Waals surface area contributed by atoms with Gasteiger partial charge < -0.3 is 0 Å². The fourth-order valence-corrected chi connectivity index (χ4v) is 4.71. The molecule has 1 aliphatic carbocycles. The number of nitrogens with zero attached hydrogens (tertiary/aromatic N) is 1. The topological polar surface area (TPSA) is 37.4 Å². The van der Waals surface area contributed by atoms with Crippen LogP contribution in [0, 0.1) is 5.92 Å². The van der Waals surface area contributed by atoms with Gasteiger partial charge in [-0.2, -0.15) is 0 Å². The lowest BCUT2D eigenvalue weighted by atomic mass is 9.93. The van der Waals surface area contributed by atoms with Crippen LogP contribution >= 0.6 is 0 Å². The average molecular weight is 381 g/mol. The third kappa shape index (κ3) is 2.98. The Morgan fingerprint density at radius 2 is 1.45 bits per heavy atom. The van der Waals surface area contributed by atoms with E-state index in [1.54, 1.807) is 12.1 Å². The van der Waals surface area contributed by atoms with Gasteiger partial charge in [0, 0.05) is 16.5 Å². The van der Waals surface area contributed by atoms with Crippen molar-refractivity contribution in [3.05, 3.63) is 83.4 Å². The molecule has 2 aliphatic rings. The molecule has 0 saturated heterocycles. The second-order valence-corrected chi connectivity index (χ2v) is 8.10. The van der Waals surface area contributed by atoms with Crippen molar-refractivity contribution in [2.24, 2.45) is 5.92 Å². The maximum Gasteiger partial charge on any atom is 0.265 e. The predicted molar refractivity (Wildman–Crippen MR) is 117 cm³/mol. The molecule has 0 atom stereocenters. The van der Waals surface area contributed by atoms with Crippen molar-refractivity contribution >= 4 is 33.8 Å². The van der Waals surface area contributed by atoms with Gasteiger partial charge in [-0.05, 0) is 66.5 Å². The van der Waals surface area contributed by atoms with E-state index in [-0.39, 0.29) is 11.8 Å². The van der Waals surface area contributed by atoms with Gasteiger partial charge in [0.25, 0.3) is 11.8 Å². The summed E-state index contributed by atoms with van der Waals surface area (Å²) in [6.45, 7) is 2.14. The molecule has 0 N–H and O–H groups in total. The summed E-state index contributed by atoms with van der Waals surface area (Å²) >= 11 is 0. The zero-order valence-electron chi connectivity index (χ0n) is 16.5. The van der Waals surface area contributed by atoms with Crippen molar-refractivity contribution in [2.75, 3.05) is 4.90 Å². The first kappa shape index (κ1) is 17.9. The summed E-state index contributed by atoms with van der Waals surface area (Å²) in [7, 11) is 0. The van der Waals surface area contributed by atoms with Crippen LogP contribution in [-0.4, -0.2) is 11.8 Å². The number of carbonyl (C=O) groups is 2. The van der Waals surface area contributed by atoms with Crippen molar-refractivity contribution in [1.82, 2.24) is 0 Å². The van der Waals surface area contributed by atoms with E-state index in [2.05, 4.69) is 13.0 Å². The fourth-order valence-electron chi connectivity index (χ4n) is 4.71. The van der Waals surface area contributed by atoms with E-state index in [4.69, 9.17) is 0 Å². The lowest BCUT2D eigenvalue weighted by Gasteiger charge is -2.27. The monoisotopic (exact) mass is 381 g/mol. The number of amides is 2. The van der Waals surface area contributed by atoms with Gasteiger partial charge in [-0.25, -0.2) is 4.90 Å². The lowest BCUT2D eigenvalue weighted by Crippen LogP contribution is -2.40. The van der Waals surface area contributed by atoms with Gasteiger partial charge in [-0.1, -0.05) is 55.3 Å². The second-order valence-electron chi connectivity index (χ2n) is 8.10. The molecule has 144 valence electrons. The van der Waals surface area contributed by atoms with Crippen LogP contribution in [0.25, 0.3) is 16.3 Å². The van der Waals surface area contributed by atoms with E-state index in [0.29, 0.717) is 22.7 Å². The molecular formula is C26H23NO2. The van der Waals surface area contributed by atoms with Crippen LogP contribution in [0.5, 0.6) is 0 Å². The highest BCUT2D eigenvalue weighted by Gasteiger charge is 2.33. The van der Waals surface area contributed by atoms with Gasteiger partial charge in [-0.15, -0.1) is 0 Å². The first-order valence-corrected chi connectivity index (χ1v) is 10.3. The normalized spacial score (nSPS) is 17.4. The highest BCUT2D eigenvalue weighted by atomic mass is 16.2. The van der Waals surface area contributed by atoms with Crippen LogP contribution < -0.4 is 4.90 Å². The third-order valence-corrected chi connectivity index (χ3v) is 6.24. The van der Waals surface area contributed by atoms with Crippen molar-refractivity contribution in [1.29, 1.82) is 0 Å². The maximum atomic E-state index is 13.2. The Kier molecular flexibility index (Phi) is 4.31. The molecular weight excluding hydrogens is 358 g/mol. The van der Waals surface area contributed by atoms with Gasteiger partial charge in [0.1, 0.15) is 0 Å². The molecule has 3 nitrogen and oxygen atoms in total. The van der Waals surface area contributed by atoms with Crippen molar-refractivity contribution in [3.8, 4) is 0 Å². The standard InChI is InChI=1S/C26H23NO2/c1-17(16-18-6-2-3-7-18)19-12-14-21(15-13-19)27-25(28)22-10-4-8-20-9-5-11-23(24(20)22)26(27)29/h4-5,8-16,18H,2-3,6-7H2,1H3/b17-16+. The molecule has 1 aliphatic heterocycles. The molecule has 3 heteroatoms. The summed E-state index contributed by atoms with van der Waals surface area (Å²) in [5.41, 5.74) is 4.18. The smallest absolute Gasteiger partial charge is 0.265 e. The van der Waals surface area contributed by atoms with E-state index in [0.717, 1.165) is 16.3 Å². The minimum Gasteiger partial charge on any atom is -0.268 e. The molecule has 3 aromatic rings. The molecule has 0 bridgehead atoms. The van der Waals surface area contributed by atoms with Gasteiger partial charge in [0.05, 0.1) is 5.69 Å². The minimum absolute atomic E-state index is 0.259. The Morgan fingerprint density at radius 3 is 2.03 bits per heavy atom. The molecule has 1 fully saturated rings. The Balaban J connectivity index is 1.50. The van der Waals surface area contributed by atoms with E-state index in [1.807, 2.05) is 48.5 Å². The third-order valence-electron chi connectivity index (χ3n) is 6.24. The maximum absolute atomic E-state index is 13.2. The van der Waals surface area contributed by atoms with Crippen LogP contribution in [-0.2, 0) is 0 Å². The highest BCUT2D eigenvalue weighted by molar-refractivity contribution is 6.35. The van der Waals surface area contributed by atoms with E-state index < -0.39 is 0 Å². The van der Waals surface area contributed by atoms with E-state index in [9.17, 15) is 9.59 Å². The lowest BCUT2D eigenvalue weighted by molar-refractivity contribution is 0.0893. The first-order valence-electron chi connectivity index (χ1n) is 10.3. The van der Waals surface area contributed by atoms with E-state index in [1.165, 1.54) is 36.2 Å². The number of anilines is 1. The number of rotatable bonds is 3. The summed E-state index contributed by atoms with van der Waals surface area (Å²) in [6, 6.07) is 19.0. The molecule has 0 unspecified atom stereocenters. The largest absolute Gasteiger partial charge is 0.268 e. The molecule has 3 aromatic carbocycles. The van der Waals surface area contributed by atoms with Crippen molar-refractivity contribution in [3.63, 3.8) is 0 Å². The Morgan fingerprint density at radius 1 is 0.862 bits per heavy atom. The zero-order valence-corrected chi connectivity index (χ0v) is 16.5. The SMILES string of the molecule is C/C(=C\C1CCCC1)c1ccc(N2C(=O)c3cccc4cccc(c34)C2=O)cc1. The van der Waals surface area contributed by atoms with E-state index >= 15 is 0 Å². The number of carbonyl (C=O) groups excluding carboxylic acids is 2. The minimum atomic E-state index is -0.259. The predicted octanol–water partition coefficient (Wildman–Crippen LogP) is 6.23. The Hall–Kier alpha value is -3.20. The van der Waals surface area contributed by atoms with Crippen LogP contribution in [0.2, 0.25) is 0 Å². The summed E-state index contributed by atoms with van der Waals surface area (Å²) in [5, 5.41) is 1.68. The number of benzene rings is 3. The Labute approximate surface area is 170 Å².